The van der Waals surface area contributed by atoms with E-state index in [2.05, 4.69) is 5.32 Å². The topological polar surface area (TPSA) is 60.7 Å². The summed E-state index contributed by atoms with van der Waals surface area (Å²) in [6, 6.07) is 9.16. The second-order valence-corrected chi connectivity index (χ2v) is 5.42. The molecule has 0 spiro atoms. The Kier molecular flexibility index (Phi) is 4.37. The quantitative estimate of drug-likeness (QED) is 0.880. The summed E-state index contributed by atoms with van der Waals surface area (Å²) in [5.41, 5.74) is 0.880. The molecule has 1 unspecified atom stereocenters. The fourth-order valence-corrected chi connectivity index (χ4v) is 2.35. The Morgan fingerprint density at radius 3 is 2.70 bits per heavy atom. The van der Waals surface area contributed by atoms with Crippen molar-refractivity contribution >= 4 is 12.0 Å². The van der Waals surface area contributed by atoms with Crippen LogP contribution < -0.4 is 14.8 Å². The molecule has 1 aromatic heterocycles. The first kappa shape index (κ1) is 15.2. The molecule has 0 aliphatic carbocycles. The van der Waals surface area contributed by atoms with Crippen molar-refractivity contribution in [2.75, 3.05) is 13.2 Å². The Labute approximate surface area is 134 Å². The van der Waals surface area contributed by atoms with Crippen molar-refractivity contribution in [3.05, 3.63) is 53.5 Å². The Balaban J connectivity index is 1.62. The molecule has 0 saturated carbocycles. The molecule has 0 fully saturated rings. The SMILES string of the molecule is Cc1ccc(C(C)NC(=O)/C=C/c2ccc3c(c2)OCCO3)o1. The van der Waals surface area contributed by atoms with Gasteiger partial charge in [0.25, 0.3) is 0 Å². The van der Waals surface area contributed by atoms with E-state index in [9.17, 15) is 4.79 Å². The molecule has 1 aromatic carbocycles. The van der Waals surface area contributed by atoms with Gasteiger partial charge in [0, 0.05) is 6.08 Å². The lowest BCUT2D eigenvalue weighted by Crippen LogP contribution is -2.24. The van der Waals surface area contributed by atoms with Gasteiger partial charge in [0.05, 0.1) is 6.04 Å². The van der Waals surface area contributed by atoms with Crippen LogP contribution >= 0.6 is 0 Å². The lowest BCUT2D eigenvalue weighted by atomic mass is 10.1. The van der Waals surface area contributed by atoms with E-state index < -0.39 is 0 Å². The molecule has 1 aliphatic heterocycles. The molecule has 0 saturated heterocycles. The number of carbonyl (C=O) groups excluding carboxylic acids is 1. The van der Waals surface area contributed by atoms with Gasteiger partial charge >= 0.3 is 0 Å². The fraction of sp³-hybridized carbons (Fsp3) is 0.278. The van der Waals surface area contributed by atoms with Crippen LogP contribution in [0, 0.1) is 6.92 Å². The molecule has 120 valence electrons. The summed E-state index contributed by atoms with van der Waals surface area (Å²) in [6.07, 6.45) is 3.24. The molecule has 5 heteroatoms. The van der Waals surface area contributed by atoms with Crippen LogP contribution in [0.3, 0.4) is 0 Å². The van der Waals surface area contributed by atoms with Gasteiger partial charge in [-0.25, -0.2) is 0 Å². The first-order valence-electron chi connectivity index (χ1n) is 7.56. The number of hydrogen-bond donors (Lipinski definition) is 1. The molecule has 1 N–H and O–H groups in total. The van der Waals surface area contributed by atoms with E-state index in [0.29, 0.717) is 19.0 Å². The van der Waals surface area contributed by atoms with Crippen LogP contribution in [0.15, 0.2) is 40.8 Å². The maximum absolute atomic E-state index is 12.0. The highest BCUT2D eigenvalue weighted by molar-refractivity contribution is 5.92. The third kappa shape index (κ3) is 3.74. The minimum Gasteiger partial charge on any atom is -0.486 e. The molecule has 2 heterocycles. The van der Waals surface area contributed by atoms with E-state index in [1.54, 1.807) is 6.08 Å². The molecule has 1 amide bonds. The van der Waals surface area contributed by atoms with Crippen molar-refractivity contribution < 1.29 is 18.7 Å². The summed E-state index contributed by atoms with van der Waals surface area (Å²) in [7, 11) is 0. The van der Waals surface area contributed by atoms with Gasteiger partial charge in [-0.2, -0.15) is 0 Å². The average molecular weight is 313 g/mol. The number of carbonyl (C=O) groups is 1. The second kappa shape index (κ2) is 6.60. The number of ether oxygens (including phenoxy) is 2. The molecule has 0 radical (unpaired) electrons. The van der Waals surface area contributed by atoms with Gasteiger partial charge in [-0.3, -0.25) is 4.79 Å². The number of fused-ring (bicyclic) bond motifs is 1. The zero-order valence-corrected chi connectivity index (χ0v) is 13.2. The second-order valence-electron chi connectivity index (χ2n) is 5.42. The molecule has 1 aliphatic rings. The monoisotopic (exact) mass is 313 g/mol. The number of nitrogens with one attached hydrogen (secondary N) is 1. The largest absolute Gasteiger partial charge is 0.486 e. The van der Waals surface area contributed by atoms with Crippen molar-refractivity contribution in [3.63, 3.8) is 0 Å². The molecule has 23 heavy (non-hydrogen) atoms. The van der Waals surface area contributed by atoms with Crippen LogP contribution in [0.5, 0.6) is 11.5 Å². The van der Waals surface area contributed by atoms with E-state index in [4.69, 9.17) is 13.9 Å². The first-order chi connectivity index (χ1) is 11.1. The maximum Gasteiger partial charge on any atom is 0.244 e. The van der Waals surface area contributed by atoms with Crippen molar-refractivity contribution in [2.24, 2.45) is 0 Å². The minimum absolute atomic E-state index is 0.179. The maximum atomic E-state index is 12.0. The number of furan rings is 1. The Hall–Kier alpha value is -2.69. The first-order valence-corrected chi connectivity index (χ1v) is 7.56. The highest BCUT2D eigenvalue weighted by Gasteiger charge is 2.12. The van der Waals surface area contributed by atoms with E-state index in [1.165, 1.54) is 6.08 Å². The minimum atomic E-state index is -0.180. The van der Waals surface area contributed by atoms with Crippen LogP contribution in [0.25, 0.3) is 6.08 Å². The third-order valence-electron chi connectivity index (χ3n) is 3.54. The average Bonchev–Trinajstić information content (AvgIpc) is 2.99. The van der Waals surface area contributed by atoms with Gasteiger partial charge in [-0.05, 0) is 49.8 Å². The van der Waals surface area contributed by atoms with Crippen molar-refractivity contribution in [2.45, 2.75) is 19.9 Å². The Morgan fingerprint density at radius 2 is 1.96 bits per heavy atom. The summed E-state index contributed by atoms with van der Waals surface area (Å²) >= 11 is 0. The molecular formula is C18H19NO4. The normalized spacial score (nSPS) is 14.7. The van der Waals surface area contributed by atoms with Crippen LogP contribution in [-0.2, 0) is 4.79 Å². The predicted molar refractivity (Wildman–Crippen MR) is 86.5 cm³/mol. The summed E-state index contributed by atoms with van der Waals surface area (Å²) in [4.78, 5) is 12.0. The van der Waals surface area contributed by atoms with Gasteiger partial charge in [-0.15, -0.1) is 0 Å². The van der Waals surface area contributed by atoms with Crippen LogP contribution in [0.4, 0.5) is 0 Å². The van der Waals surface area contributed by atoms with Gasteiger partial charge < -0.3 is 19.2 Å². The Bertz CT molecular complexity index is 732. The number of rotatable bonds is 4. The van der Waals surface area contributed by atoms with E-state index in [1.807, 2.05) is 44.2 Å². The van der Waals surface area contributed by atoms with Crippen LogP contribution in [0.1, 0.15) is 30.0 Å². The summed E-state index contributed by atoms with van der Waals surface area (Å²) in [6.45, 7) is 4.86. The fourth-order valence-electron chi connectivity index (χ4n) is 2.35. The van der Waals surface area contributed by atoms with E-state index in [-0.39, 0.29) is 11.9 Å². The van der Waals surface area contributed by atoms with Crippen molar-refractivity contribution in [1.29, 1.82) is 0 Å². The molecule has 2 aromatic rings. The van der Waals surface area contributed by atoms with Gasteiger partial charge in [-0.1, -0.05) is 6.07 Å². The molecule has 5 nitrogen and oxygen atoms in total. The number of amides is 1. The highest BCUT2D eigenvalue weighted by atomic mass is 16.6. The summed E-state index contributed by atoms with van der Waals surface area (Å²) in [5.74, 6) is 2.83. The molecule has 3 rings (SSSR count). The summed E-state index contributed by atoms with van der Waals surface area (Å²) in [5, 5.41) is 2.87. The van der Waals surface area contributed by atoms with E-state index >= 15 is 0 Å². The molecular weight excluding hydrogens is 294 g/mol. The zero-order chi connectivity index (χ0) is 16.2. The lowest BCUT2D eigenvalue weighted by Gasteiger charge is -2.18. The lowest BCUT2D eigenvalue weighted by molar-refractivity contribution is -0.117. The standard InChI is InChI=1S/C18H19NO4/c1-12-3-6-15(23-12)13(2)19-18(20)8-5-14-4-7-16-17(11-14)22-10-9-21-16/h3-8,11,13H,9-10H2,1-2H3,(H,19,20)/b8-5+. The molecule has 1 atom stereocenters. The number of hydrogen-bond acceptors (Lipinski definition) is 4. The van der Waals surface area contributed by atoms with Gasteiger partial charge in [0.15, 0.2) is 11.5 Å². The Morgan fingerprint density at radius 1 is 1.17 bits per heavy atom. The smallest absolute Gasteiger partial charge is 0.244 e. The number of benzene rings is 1. The molecule has 0 bridgehead atoms. The van der Waals surface area contributed by atoms with Crippen molar-refractivity contribution in [3.8, 4) is 11.5 Å². The van der Waals surface area contributed by atoms with Crippen LogP contribution in [-0.4, -0.2) is 19.1 Å². The van der Waals surface area contributed by atoms with Crippen LogP contribution in [0.2, 0.25) is 0 Å². The summed E-state index contributed by atoms with van der Waals surface area (Å²) < 4.78 is 16.5. The van der Waals surface area contributed by atoms with Crippen molar-refractivity contribution in [1.82, 2.24) is 5.32 Å². The van der Waals surface area contributed by atoms with E-state index in [0.717, 1.165) is 22.8 Å². The number of aryl methyl sites for hydroxylation is 1. The highest BCUT2D eigenvalue weighted by Crippen LogP contribution is 2.31. The predicted octanol–water partition coefficient (Wildman–Crippen LogP) is 3.25. The third-order valence-corrected chi connectivity index (χ3v) is 3.54. The van der Waals surface area contributed by atoms with Gasteiger partial charge in [0.2, 0.25) is 5.91 Å². The van der Waals surface area contributed by atoms with Gasteiger partial charge in [0.1, 0.15) is 24.7 Å². The zero-order valence-electron chi connectivity index (χ0n) is 13.2.